The van der Waals surface area contributed by atoms with Crippen LogP contribution in [0.25, 0.3) is 11.3 Å². The molecule has 0 aliphatic rings. The van der Waals surface area contributed by atoms with E-state index in [1.807, 2.05) is 6.07 Å². The van der Waals surface area contributed by atoms with Crippen LogP contribution < -0.4 is 0 Å². The van der Waals surface area contributed by atoms with Gasteiger partial charge in [-0.2, -0.15) is 5.26 Å². The van der Waals surface area contributed by atoms with Crippen molar-refractivity contribution < 1.29 is 9.50 Å². The Labute approximate surface area is 85.4 Å². The number of benzene rings is 1. The molecule has 2 rings (SSSR count). The number of hydrogen-bond acceptors (Lipinski definition) is 2. The largest absolute Gasteiger partial charge is 0.506 e. The zero-order valence-corrected chi connectivity index (χ0v) is 7.66. The van der Waals surface area contributed by atoms with Crippen LogP contribution in [0.5, 0.6) is 5.75 Å². The molecular formula is C11H7FN2O. The molecule has 4 heteroatoms. The molecule has 0 radical (unpaired) electrons. The van der Waals surface area contributed by atoms with Crippen molar-refractivity contribution in [1.82, 2.24) is 4.98 Å². The Bertz CT molecular complexity index is 540. The van der Waals surface area contributed by atoms with Crippen molar-refractivity contribution in [3.63, 3.8) is 0 Å². The lowest BCUT2D eigenvalue weighted by atomic mass is 10.1. The van der Waals surface area contributed by atoms with Gasteiger partial charge in [-0.1, -0.05) is 0 Å². The number of H-pyrrole nitrogens is 1. The van der Waals surface area contributed by atoms with Crippen LogP contribution in [0, 0.1) is 17.1 Å². The molecule has 0 amide bonds. The monoisotopic (exact) mass is 202 g/mol. The van der Waals surface area contributed by atoms with Crippen molar-refractivity contribution in [3.8, 4) is 23.1 Å². The van der Waals surface area contributed by atoms with Gasteiger partial charge < -0.3 is 10.1 Å². The zero-order valence-electron chi connectivity index (χ0n) is 7.66. The maximum absolute atomic E-state index is 13.1. The number of aromatic nitrogens is 1. The minimum absolute atomic E-state index is 0.0766. The lowest BCUT2D eigenvalue weighted by Crippen LogP contribution is -1.83. The van der Waals surface area contributed by atoms with Crippen LogP contribution in [0.2, 0.25) is 0 Å². The molecule has 0 bridgehead atoms. The molecule has 74 valence electrons. The standard InChI is InChI=1S/C11H7FN2O/c12-9-2-7(5-13)1-8(3-9)11-4-10(15)6-14-11/h1-4,6,14-15H. The molecule has 0 aliphatic carbocycles. The van der Waals surface area contributed by atoms with Gasteiger partial charge in [0.15, 0.2) is 0 Å². The molecule has 15 heavy (non-hydrogen) atoms. The first-order valence-corrected chi connectivity index (χ1v) is 4.27. The van der Waals surface area contributed by atoms with Gasteiger partial charge in [-0.25, -0.2) is 4.39 Å². The number of aromatic hydroxyl groups is 1. The van der Waals surface area contributed by atoms with Gasteiger partial charge in [0.1, 0.15) is 11.6 Å². The first kappa shape index (κ1) is 9.28. The van der Waals surface area contributed by atoms with Gasteiger partial charge in [0.2, 0.25) is 0 Å². The van der Waals surface area contributed by atoms with E-state index in [0.29, 0.717) is 11.3 Å². The van der Waals surface area contributed by atoms with Crippen molar-refractivity contribution in [1.29, 1.82) is 5.26 Å². The lowest BCUT2D eigenvalue weighted by Gasteiger charge is -1.98. The summed E-state index contributed by atoms with van der Waals surface area (Å²) in [5, 5.41) is 17.8. The van der Waals surface area contributed by atoms with Gasteiger partial charge >= 0.3 is 0 Å². The highest BCUT2D eigenvalue weighted by Crippen LogP contribution is 2.23. The predicted molar refractivity (Wildman–Crippen MR) is 52.6 cm³/mol. The van der Waals surface area contributed by atoms with Crippen LogP contribution in [-0.2, 0) is 0 Å². The molecule has 0 saturated heterocycles. The second-order valence-corrected chi connectivity index (χ2v) is 3.11. The lowest BCUT2D eigenvalue weighted by molar-refractivity contribution is 0.476. The molecule has 2 aromatic rings. The smallest absolute Gasteiger partial charge is 0.133 e. The van der Waals surface area contributed by atoms with E-state index in [1.54, 1.807) is 6.07 Å². The first-order chi connectivity index (χ1) is 7.19. The zero-order chi connectivity index (χ0) is 10.8. The van der Waals surface area contributed by atoms with E-state index < -0.39 is 5.82 Å². The van der Waals surface area contributed by atoms with Gasteiger partial charge in [0, 0.05) is 23.5 Å². The summed E-state index contributed by atoms with van der Waals surface area (Å²) in [5.41, 5.74) is 1.36. The van der Waals surface area contributed by atoms with Crippen LogP contribution in [0.1, 0.15) is 5.56 Å². The summed E-state index contributed by atoms with van der Waals surface area (Å²) in [5.74, 6) is -0.397. The molecule has 0 saturated carbocycles. The molecular weight excluding hydrogens is 195 g/mol. The third-order valence-electron chi connectivity index (χ3n) is 2.01. The fourth-order valence-corrected chi connectivity index (χ4v) is 1.36. The highest BCUT2D eigenvalue weighted by Gasteiger charge is 2.04. The summed E-state index contributed by atoms with van der Waals surface area (Å²) in [6, 6.07) is 7.34. The molecule has 0 aliphatic heterocycles. The minimum atomic E-state index is -0.474. The first-order valence-electron chi connectivity index (χ1n) is 4.27. The molecule has 0 fully saturated rings. The summed E-state index contributed by atoms with van der Waals surface area (Å²) < 4.78 is 13.1. The predicted octanol–water partition coefficient (Wildman–Crippen LogP) is 2.40. The van der Waals surface area contributed by atoms with E-state index >= 15 is 0 Å². The average Bonchev–Trinajstić information content (AvgIpc) is 2.64. The summed E-state index contributed by atoms with van der Waals surface area (Å²) in [6.07, 6.45) is 1.40. The van der Waals surface area contributed by atoms with Crippen molar-refractivity contribution in [2.75, 3.05) is 0 Å². The van der Waals surface area contributed by atoms with E-state index in [2.05, 4.69) is 4.98 Å². The van der Waals surface area contributed by atoms with Crippen LogP contribution in [0.4, 0.5) is 4.39 Å². The second kappa shape index (κ2) is 3.46. The summed E-state index contributed by atoms with van der Waals surface area (Å²) in [7, 11) is 0. The van der Waals surface area contributed by atoms with Crippen molar-refractivity contribution >= 4 is 0 Å². The van der Waals surface area contributed by atoms with E-state index in [4.69, 9.17) is 10.4 Å². The number of halogens is 1. The van der Waals surface area contributed by atoms with Crippen LogP contribution >= 0.6 is 0 Å². The second-order valence-electron chi connectivity index (χ2n) is 3.11. The molecule has 2 N–H and O–H groups in total. The van der Waals surface area contributed by atoms with E-state index in [9.17, 15) is 4.39 Å². The Morgan fingerprint density at radius 1 is 1.27 bits per heavy atom. The van der Waals surface area contributed by atoms with Crippen LogP contribution in [-0.4, -0.2) is 10.1 Å². The van der Waals surface area contributed by atoms with E-state index in [-0.39, 0.29) is 11.3 Å². The minimum Gasteiger partial charge on any atom is -0.506 e. The molecule has 1 aromatic carbocycles. The summed E-state index contributed by atoms with van der Waals surface area (Å²) in [6.45, 7) is 0. The molecule has 0 unspecified atom stereocenters. The maximum atomic E-state index is 13.1. The molecule has 0 atom stereocenters. The van der Waals surface area contributed by atoms with Gasteiger partial charge in [-0.15, -0.1) is 0 Å². The molecule has 1 heterocycles. The Morgan fingerprint density at radius 3 is 2.67 bits per heavy atom. The van der Waals surface area contributed by atoms with Crippen LogP contribution in [0.3, 0.4) is 0 Å². The SMILES string of the molecule is N#Cc1cc(F)cc(-c2cc(O)c[nH]2)c1. The molecule has 1 aromatic heterocycles. The Kier molecular flexibility index (Phi) is 2.14. The fraction of sp³-hybridized carbons (Fsp3) is 0. The maximum Gasteiger partial charge on any atom is 0.133 e. The Morgan fingerprint density at radius 2 is 2.07 bits per heavy atom. The highest BCUT2D eigenvalue weighted by atomic mass is 19.1. The summed E-state index contributed by atoms with van der Waals surface area (Å²) >= 11 is 0. The van der Waals surface area contributed by atoms with Gasteiger partial charge in [-0.3, -0.25) is 0 Å². The molecule has 3 nitrogen and oxygen atoms in total. The highest BCUT2D eigenvalue weighted by molar-refractivity contribution is 5.63. The fourth-order valence-electron chi connectivity index (χ4n) is 1.36. The third kappa shape index (κ3) is 1.81. The average molecular weight is 202 g/mol. The van der Waals surface area contributed by atoms with Crippen LogP contribution in [0.15, 0.2) is 30.5 Å². The van der Waals surface area contributed by atoms with Crippen molar-refractivity contribution in [2.24, 2.45) is 0 Å². The topological polar surface area (TPSA) is 59.8 Å². The molecule has 0 spiro atoms. The number of aromatic amines is 1. The van der Waals surface area contributed by atoms with Gasteiger partial charge in [0.05, 0.1) is 11.6 Å². The van der Waals surface area contributed by atoms with Gasteiger partial charge in [-0.05, 0) is 18.2 Å². The van der Waals surface area contributed by atoms with Crippen molar-refractivity contribution in [2.45, 2.75) is 0 Å². The number of hydrogen-bond donors (Lipinski definition) is 2. The van der Waals surface area contributed by atoms with E-state index in [1.165, 1.54) is 18.3 Å². The summed E-state index contributed by atoms with van der Waals surface area (Å²) in [4.78, 5) is 2.77. The number of nitrogens with zero attached hydrogens (tertiary/aromatic N) is 1. The normalized spacial score (nSPS) is 9.87. The van der Waals surface area contributed by atoms with E-state index in [0.717, 1.165) is 6.07 Å². The van der Waals surface area contributed by atoms with Crippen molar-refractivity contribution in [3.05, 3.63) is 41.8 Å². The Hall–Kier alpha value is -2.28. The number of nitrogens with one attached hydrogen (secondary N) is 1. The Balaban J connectivity index is 2.54. The third-order valence-corrected chi connectivity index (χ3v) is 2.01. The number of rotatable bonds is 1. The van der Waals surface area contributed by atoms with Gasteiger partial charge in [0.25, 0.3) is 0 Å². The number of nitriles is 1. The quantitative estimate of drug-likeness (QED) is 0.745.